The lowest BCUT2D eigenvalue weighted by Gasteiger charge is -2.22. The number of nitrogens with one attached hydrogen (secondary N) is 1. The highest BCUT2D eigenvalue weighted by molar-refractivity contribution is 5.84. The van der Waals surface area contributed by atoms with Gasteiger partial charge in [-0.3, -0.25) is 4.79 Å². The second kappa shape index (κ2) is 6.56. The van der Waals surface area contributed by atoms with Crippen LogP contribution in [0.5, 0.6) is 5.75 Å². The van der Waals surface area contributed by atoms with Gasteiger partial charge in [0.15, 0.2) is 0 Å². The molecule has 126 valence electrons. The third kappa shape index (κ3) is 3.88. The molecule has 4 nitrogen and oxygen atoms in total. The van der Waals surface area contributed by atoms with Crippen LogP contribution in [0.1, 0.15) is 37.8 Å². The van der Waals surface area contributed by atoms with Gasteiger partial charge in [0.25, 0.3) is 0 Å². The van der Waals surface area contributed by atoms with Crippen molar-refractivity contribution in [2.75, 3.05) is 11.9 Å². The van der Waals surface area contributed by atoms with E-state index in [2.05, 4.69) is 5.32 Å². The topological polar surface area (TPSA) is 47.6 Å². The van der Waals surface area contributed by atoms with E-state index in [-0.39, 0.29) is 11.9 Å². The van der Waals surface area contributed by atoms with Crippen LogP contribution < -0.4 is 10.1 Å². The first-order chi connectivity index (χ1) is 11.4. The number of hydrogen-bond donors (Lipinski definition) is 1. The predicted octanol–water partition coefficient (Wildman–Crippen LogP) is 4.12. The van der Waals surface area contributed by atoms with Gasteiger partial charge in [0.05, 0.1) is 0 Å². The fourth-order valence-electron chi connectivity index (χ4n) is 2.73. The zero-order valence-corrected chi connectivity index (χ0v) is 14.3. The molecule has 1 N–H and O–H groups in total. The van der Waals surface area contributed by atoms with Crippen molar-refractivity contribution in [3.63, 3.8) is 0 Å². The van der Waals surface area contributed by atoms with Crippen LogP contribution in [0.4, 0.5) is 5.69 Å². The van der Waals surface area contributed by atoms with Gasteiger partial charge in [-0.2, -0.15) is 0 Å². The maximum Gasteiger partial charge on any atom is 0.315 e. The number of anilines is 1. The van der Waals surface area contributed by atoms with E-state index in [1.54, 1.807) is 0 Å². The van der Waals surface area contributed by atoms with Gasteiger partial charge < -0.3 is 14.8 Å². The summed E-state index contributed by atoms with van der Waals surface area (Å²) >= 11 is 0. The van der Waals surface area contributed by atoms with Crippen molar-refractivity contribution in [3.8, 4) is 5.75 Å². The Kier molecular flexibility index (Phi) is 4.47. The molecule has 0 radical (unpaired) electrons. The molecule has 0 aromatic heterocycles. The van der Waals surface area contributed by atoms with E-state index in [0.29, 0.717) is 13.2 Å². The Morgan fingerprint density at radius 2 is 1.92 bits per heavy atom. The predicted molar refractivity (Wildman–Crippen MR) is 94.3 cm³/mol. The quantitative estimate of drug-likeness (QED) is 0.859. The molecule has 3 rings (SSSR count). The lowest BCUT2D eigenvalue weighted by Crippen LogP contribution is -2.28. The molecule has 1 aliphatic heterocycles. The van der Waals surface area contributed by atoms with E-state index in [9.17, 15) is 4.79 Å². The van der Waals surface area contributed by atoms with Crippen molar-refractivity contribution < 1.29 is 14.3 Å². The summed E-state index contributed by atoms with van der Waals surface area (Å²) < 4.78 is 11.4. The van der Waals surface area contributed by atoms with Crippen LogP contribution in [0.2, 0.25) is 0 Å². The number of carbonyl (C=O) groups excluding carboxylic acids is 1. The van der Waals surface area contributed by atoms with Gasteiger partial charge in [0, 0.05) is 12.2 Å². The van der Waals surface area contributed by atoms with Crippen molar-refractivity contribution in [3.05, 3.63) is 59.7 Å². The molecule has 1 aliphatic rings. The summed E-state index contributed by atoms with van der Waals surface area (Å²) in [7, 11) is 0. The fourth-order valence-corrected chi connectivity index (χ4v) is 2.73. The smallest absolute Gasteiger partial charge is 0.315 e. The molecule has 0 amide bonds. The number of carbonyl (C=O) groups is 1. The molecule has 0 spiro atoms. The number of hydrogen-bond acceptors (Lipinski definition) is 4. The molecule has 0 saturated carbocycles. The highest BCUT2D eigenvalue weighted by Gasteiger charge is 2.32. The molecule has 2 aromatic rings. The second-order valence-corrected chi connectivity index (χ2v) is 6.99. The minimum atomic E-state index is -0.485. The Morgan fingerprint density at radius 1 is 1.17 bits per heavy atom. The van der Waals surface area contributed by atoms with Gasteiger partial charge in [-0.1, -0.05) is 30.3 Å². The van der Waals surface area contributed by atoms with Gasteiger partial charge >= 0.3 is 5.97 Å². The van der Waals surface area contributed by atoms with Crippen LogP contribution in [-0.2, 0) is 16.1 Å². The van der Waals surface area contributed by atoms with Gasteiger partial charge in [0.1, 0.15) is 23.9 Å². The number of esters is 1. The molecule has 4 heteroatoms. The lowest BCUT2D eigenvalue weighted by molar-refractivity contribution is -0.156. The van der Waals surface area contributed by atoms with E-state index in [0.717, 1.165) is 22.6 Å². The molecule has 1 unspecified atom stereocenters. The number of fused-ring (bicyclic) bond motifs is 1. The fraction of sp³-hybridized carbons (Fsp3) is 0.350. The highest BCUT2D eigenvalue weighted by atomic mass is 16.6. The molecule has 1 heterocycles. The summed E-state index contributed by atoms with van der Waals surface area (Å²) in [5.74, 6) is 0.267. The molecule has 2 aromatic carbocycles. The summed E-state index contributed by atoms with van der Waals surface area (Å²) in [6.45, 7) is 6.71. The third-order valence-corrected chi connectivity index (χ3v) is 3.83. The Balaban J connectivity index is 1.72. The normalized spacial score (nSPS) is 16.2. The Hall–Kier alpha value is -2.49. The summed E-state index contributed by atoms with van der Waals surface area (Å²) in [4.78, 5) is 12.4. The van der Waals surface area contributed by atoms with E-state index >= 15 is 0 Å². The van der Waals surface area contributed by atoms with Gasteiger partial charge in [0.2, 0.25) is 0 Å². The minimum absolute atomic E-state index is 0.200. The van der Waals surface area contributed by atoms with Crippen LogP contribution in [0.15, 0.2) is 48.5 Å². The van der Waals surface area contributed by atoms with E-state index in [1.165, 1.54) is 0 Å². The summed E-state index contributed by atoms with van der Waals surface area (Å²) in [6, 6.07) is 15.8. The van der Waals surface area contributed by atoms with Gasteiger partial charge in [-0.25, -0.2) is 0 Å². The number of benzene rings is 2. The lowest BCUT2D eigenvalue weighted by atomic mass is 10.0. The first-order valence-electron chi connectivity index (χ1n) is 8.20. The molecule has 0 aliphatic carbocycles. The molecular weight excluding hydrogens is 302 g/mol. The van der Waals surface area contributed by atoms with Crippen LogP contribution in [-0.4, -0.2) is 18.1 Å². The van der Waals surface area contributed by atoms with Crippen molar-refractivity contribution in [2.45, 2.75) is 38.9 Å². The van der Waals surface area contributed by atoms with Crippen LogP contribution in [0.25, 0.3) is 0 Å². The van der Waals surface area contributed by atoms with Crippen molar-refractivity contribution in [2.24, 2.45) is 0 Å². The first-order valence-corrected chi connectivity index (χ1v) is 8.20. The Labute approximate surface area is 142 Å². The Bertz CT molecular complexity index is 719. The van der Waals surface area contributed by atoms with Crippen molar-refractivity contribution >= 4 is 11.7 Å². The minimum Gasteiger partial charge on any atom is -0.489 e. The van der Waals surface area contributed by atoms with Crippen molar-refractivity contribution in [1.82, 2.24) is 0 Å². The van der Waals surface area contributed by atoms with Crippen molar-refractivity contribution in [1.29, 1.82) is 0 Å². The highest BCUT2D eigenvalue weighted by Crippen LogP contribution is 2.36. The molecule has 0 fully saturated rings. The summed E-state index contributed by atoms with van der Waals surface area (Å²) in [5.41, 5.74) is 2.54. The molecule has 0 saturated heterocycles. The zero-order chi connectivity index (χ0) is 17.2. The maximum atomic E-state index is 12.4. The Morgan fingerprint density at radius 3 is 2.62 bits per heavy atom. The van der Waals surface area contributed by atoms with E-state index in [1.807, 2.05) is 69.3 Å². The molecular formula is C20H23NO3. The summed E-state index contributed by atoms with van der Waals surface area (Å²) in [5, 5.41) is 3.26. The van der Waals surface area contributed by atoms with Crippen LogP contribution in [0.3, 0.4) is 0 Å². The zero-order valence-electron chi connectivity index (χ0n) is 14.3. The molecule has 0 bridgehead atoms. The largest absolute Gasteiger partial charge is 0.489 e. The molecule has 1 atom stereocenters. The van der Waals surface area contributed by atoms with Crippen LogP contribution in [0, 0.1) is 0 Å². The average Bonchev–Trinajstić information content (AvgIpc) is 2.95. The number of rotatable bonds is 4. The summed E-state index contributed by atoms with van der Waals surface area (Å²) in [6.07, 6.45) is 0. The maximum absolute atomic E-state index is 12.4. The monoisotopic (exact) mass is 325 g/mol. The average molecular weight is 325 g/mol. The standard InChI is InChI=1S/C20H23NO3/c1-20(2,3)24-19(22)17-12-21-18-10-9-15(11-16(17)18)23-13-14-7-5-4-6-8-14/h4-11,17,21H,12-13H2,1-3H3. The van der Waals surface area contributed by atoms with Gasteiger partial charge in [-0.05, 0) is 50.1 Å². The SMILES string of the molecule is CC(C)(C)OC(=O)C1CNc2ccc(OCc3ccccc3)cc21. The first kappa shape index (κ1) is 16.4. The molecule has 24 heavy (non-hydrogen) atoms. The third-order valence-electron chi connectivity index (χ3n) is 3.83. The second-order valence-electron chi connectivity index (χ2n) is 6.99. The van der Waals surface area contributed by atoms with Crippen LogP contribution >= 0.6 is 0 Å². The number of ether oxygens (including phenoxy) is 2. The van der Waals surface area contributed by atoms with Gasteiger partial charge in [-0.15, -0.1) is 0 Å². The van der Waals surface area contributed by atoms with E-state index < -0.39 is 5.60 Å². The van der Waals surface area contributed by atoms with E-state index in [4.69, 9.17) is 9.47 Å².